The molecule has 1 aliphatic heterocycles. The number of nitrogens with two attached hydrogens (primary N) is 1. The third-order valence-corrected chi connectivity index (χ3v) is 3.84. The summed E-state index contributed by atoms with van der Waals surface area (Å²) in [6, 6.07) is 4.55. The number of anilines is 1. The molecule has 1 fully saturated rings. The third-order valence-electron chi connectivity index (χ3n) is 3.84. The van der Waals surface area contributed by atoms with Crippen molar-refractivity contribution in [2.75, 3.05) is 31.9 Å². The lowest BCUT2D eigenvalue weighted by Gasteiger charge is -2.36. The van der Waals surface area contributed by atoms with Gasteiger partial charge in [0, 0.05) is 44.0 Å². The number of nitrogens with one attached hydrogen (secondary N) is 1. The van der Waals surface area contributed by atoms with E-state index in [2.05, 4.69) is 35.1 Å². The standard InChI is InChI=1S/C15H26N4/c1-12(2)5-6-14(19-10-8-17-9-11-19)13-4-3-7-18-15(13)16/h3-4,7,12,14,17H,5-6,8-11H2,1-2H3,(H2,16,18)/t14-/m0/s1. The van der Waals surface area contributed by atoms with Crippen LogP contribution in [0.1, 0.15) is 38.3 Å². The number of pyridine rings is 1. The molecule has 4 nitrogen and oxygen atoms in total. The number of rotatable bonds is 5. The molecule has 2 heterocycles. The van der Waals surface area contributed by atoms with Crippen molar-refractivity contribution in [3.05, 3.63) is 23.9 Å². The van der Waals surface area contributed by atoms with E-state index in [0.717, 1.165) is 38.5 Å². The van der Waals surface area contributed by atoms with Crippen LogP contribution in [-0.2, 0) is 0 Å². The van der Waals surface area contributed by atoms with Gasteiger partial charge in [-0.15, -0.1) is 0 Å². The summed E-state index contributed by atoms with van der Waals surface area (Å²) in [5.41, 5.74) is 7.28. The van der Waals surface area contributed by atoms with Crippen molar-refractivity contribution < 1.29 is 0 Å². The molecule has 0 aromatic carbocycles. The smallest absolute Gasteiger partial charge is 0.128 e. The highest BCUT2D eigenvalue weighted by Gasteiger charge is 2.24. The first-order valence-corrected chi connectivity index (χ1v) is 7.33. The van der Waals surface area contributed by atoms with Crippen LogP contribution in [0.25, 0.3) is 0 Å². The Bertz CT molecular complexity index is 385. The second-order valence-corrected chi connectivity index (χ2v) is 5.75. The van der Waals surface area contributed by atoms with Gasteiger partial charge in [0.1, 0.15) is 5.82 Å². The zero-order chi connectivity index (χ0) is 13.7. The van der Waals surface area contributed by atoms with E-state index in [4.69, 9.17) is 5.73 Å². The topological polar surface area (TPSA) is 54.2 Å². The molecule has 0 unspecified atom stereocenters. The van der Waals surface area contributed by atoms with Gasteiger partial charge in [0.25, 0.3) is 0 Å². The number of aromatic nitrogens is 1. The third kappa shape index (κ3) is 3.91. The van der Waals surface area contributed by atoms with Gasteiger partial charge in [-0.1, -0.05) is 19.9 Å². The second-order valence-electron chi connectivity index (χ2n) is 5.75. The molecule has 0 saturated carbocycles. The Balaban J connectivity index is 2.15. The maximum absolute atomic E-state index is 6.08. The summed E-state index contributed by atoms with van der Waals surface area (Å²) in [6.07, 6.45) is 4.16. The van der Waals surface area contributed by atoms with Crippen LogP contribution < -0.4 is 11.1 Å². The Labute approximate surface area is 116 Å². The van der Waals surface area contributed by atoms with Gasteiger partial charge in [0.2, 0.25) is 0 Å². The molecule has 0 amide bonds. The van der Waals surface area contributed by atoms with Gasteiger partial charge in [0.05, 0.1) is 0 Å². The molecule has 3 N–H and O–H groups in total. The van der Waals surface area contributed by atoms with E-state index in [-0.39, 0.29) is 0 Å². The van der Waals surface area contributed by atoms with Crippen LogP contribution in [-0.4, -0.2) is 36.1 Å². The van der Waals surface area contributed by atoms with Crippen LogP contribution in [0.15, 0.2) is 18.3 Å². The van der Waals surface area contributed by atoms with Crippen molar-refractivity contribution in [2.24, 2.45) is 5.92 Å². The first-order chi connectivity index (χ1) is 9.18. The summed E-state index contributed by atoms with van der Waals surface area (Å²) < 4.78 is 0. The quantitative estimate of drug-likeness (QED) is 0.852. The van der Waals surface area contributed by atoms with E-state index in [1.54, 1.807) is 6.20 Å². The number of nitrogens with zero attached hydrogens (tertiary/aromatic N) is 2. The van der Waals surface area contributed by atoms with Gasteiger partial charge >= 0.3 is 0 Å². The van der Waals surface area contributed by atoms with Gasteiger partial charge in [-0.3, -0.25) is 4.90 Å². The number of piperazine rings is 1. The number of hydrogen-bond donors (Lipinski definition) is 2. The van der Waals surface area contributed by atoms with Crippen molar-refractivity contribution in [1.29, 1.82) is 0 Å². The average Bonchev–Trinajstić information content (AvgIpc) is 2.42. The van der Waals surface area contributed by atoms with Crippen LogP contribution in [0.3, 0.4) is 0 Å². The summed E-state index contributed by atoms with van der Waals surface area (Å²) in [6.45, 7) is 8.88. The minimum atomic E-state index is 0.415. The molecule has 1 aromatic rings. The molecule has 19 heavy (non-hydrogen) atoms. The Morgan fingerprint density at radius 3 is 2.68 bits per heavy atom. The fraction of sp³-hybridized carbons (Fsp3) is 0.667. The lowest BCUT2D eigenvalue weighted by molar-refractivity contribution is 0.160. The van der Waals surface area contributed by atoms with E-state index in [0.29, 0.717) is 11.9 Å². The zero-order valence-electron chi connectivity index (χ0n) is 12.1. The van der Waals surface area contributed by atoms with E-state index >= 15 is 0 Å². The lowest BCUT2D eigenvalue weighted by atomic mass is 9.96. The number of hydrogen-bond acceptors (Lipinski definition) is 4. The SMILES string of the molecule is CC(C)CC[C@@H](c1cccnc1N)N1CCNCC1. The molecular formula is C15H26N4. The highest BCUT2D eigenvalue weighted by Crippen LogP contribution is 2.30. The monoisotopic (exact) mass is 262 g/mol. The van der Waals surface area contributed by atoms with Crippen LogP contribution in [0.5, 0.6) is 0 Å². The van der Waals surface area contributed by atoms with Gasteiger partial charge in [-0.2, -0.15) is 0 Å². The normalized spacial score (nSPS) is 18.7. The Kier molecular flexibility index (Phi) is 5.16. The summed E-state index contributed by atoms with van der Waals surface area (Å²) in [7, 11) is 0. The Hall–Kier alpha value is -1.13. The van der Waals surface area contributed by atoms with E-state index in [9.17, 15) is 0 Å². The molecule has 0 aliphatic carbocycles. The molecular weight excluding hydrogens is 236 g/mol. The maximum atomic E-state index is 6.08. The average molecular weight is 262 g/mol. The number of nitrogen functional groups attached to an aromatic ring is 1. The molecule has 0 spiro atoms. The van der Waals surface area contributed by atoms with Gasteiger partial charge in [-0.05, 0) is 24.8 Å². The van der Waals surface area contributed by atoms with Crippen LogP contribution >= 0.6 is 0 Å². The minimum absolute atomic E-state index is 0.415. The predicted molar refractivity (Wildman–Crippen MR) is 79.9 cm³/mol. The second kappa shape index (κ2) is 6.87. The van der Waals surface area contributed by atoms with Crippen molar-refractivity contribution >= 4 is 5.82 Å². The van der Waals surface area contributed by atoms with Crippen LogP contribution in [0.2, 0.25) is 0 Å². The van der Waals surface area contributed by atoms with Gasteiger partial charge in [0.15, 0.2) is 0 Å². The summed E-state index contributed by atoms with van der Waals surface area (Å²) in [5, 5.41) is 3.41. The van der Waals surface area contributed by atoms with Crippen molar-refractivity contribution in [3.63, 3.8) is 0 Å². The van der Waals surface area contributed by atoms with Crippen molar-refractivity contribution in [1.82, 2.24) is 15.2 Å². The van der Waals surface area contributed by atoms with Gasteiger partial charge in [-0.25, -0.2) is 4.98 Å². The minimum Gasteiger partial charge on any atom is -0.383 e. The van der Waals surface area contributed by atoms with Crippen molar-refractivity contribution in [3.8, 4) is 0 Å². The van der Waals surface area contributed by atoms with E-state index < -0.39 is 0 Å². The van der Waals surface area contributed by atoms with E-state index in [1.807, 2.05) is 6.07 Å². The highest BCUT2D eigenvalue weighted by atomic mass is 15.2. The lowest BCUT2D eigenvalue weighted by Crippen LogP contribution is -2.45. The summed E-state index contributed by atoms with van der Waals surface area (Å²) in [5.74, 6) is 1.41. The molecule has 1 aromatic heterocycles. The summed E-state index contributed by atoms with van der Waals surface area (Å²) >= 11 is 0. The molecule has 2 rings (SSSR count). The molecule has 4 heteroatoms. The highest BCUT2D eigenvalue weighted by molar-refractivity contribution is 5.40. The van der Waals surface area contributed by atoms with Crippen molar-refractivity contribution in [2.45, 2.75) is 32.7 Å². The van der Waals surface area contributed by atoms with Crippen LogP contribution in [0.4, 0.5) is 5.82 Å². The largest absolute Gasteiger partial charge is 0.383 e. The molecule has 0 bridgehead atoms. The molecule has 1 saturated heterocycles. The Morgan fingerprint density at radius 2 is 2.05 bits per heavy atom. The zero-order valence-corrected chi connectivity index (χ0v) is 12.1. The predicted octanol–water partition coefficient (Wildman–Crippen LogP) is 2.05. The molecule has 1 atom stereocenters. The van der Waals surface area contributed by atoms with Gasteiger partial charge < -0.3 is 11.1 Å². The molecule has 106 valence electrons. The summed E-state index contributed by atoms with van der Waals surface area (Å²) in [4.78, 5) is 6.81. The van der Waals surface area contributed by atoms with Crippen LogP contribution in [0, 0.1) is 5.92 Å². The molecule has 1 aliphatic rings. The maximum Gasteiger partial charge on any atom is 0.128 e. The van der Waals surface area contributed by atoms with E-state index in [1.165, 1.54) is 12.0 Å². The fourth-order valence-electron chi connectivity index (χ4n) is 2.73. The first kappa shape index (κ1) is 14.3. The fourth-order valence-corrected chi connectivity index (χ4v) is 2.73. The Morgan fingerprint density at radius 1 is 1.32 bits per heavy atom. The molecule has 0 radical (unpaired) electrons. The first-order valence-electron chi connectivity index (χ1n) is 7.33.